The second-order valence-electron chi connectivity index (χ2n) is 5.38. The second-order valence-corrected chi connectivity index (χ2v) is 6.17. The van der Waals surface area contributed by atoms with Crippen LogP contribution in [-0.2, 0) is 6.42 Å². The van der Waals surface area contributed by atoms with Gasteiger partial charge < -0.3 is 0 Å². The third-order valence-corrected chi connectivity index (χ3v) is 4.87. The van der Waals surface area contributed by atoms with Crippen molar-refractivity contribution in [1.29, 1.82) is 0 Å². The fourth-order valence-electron chi connectivity index (χ4n) is 2.41. The maximum absolute atomic E-state index is 5.76. The van der Waals surface area contributed by atoms with E-state index in [1.165, 1.54) is 32.3 Å². The van der Waals surface area contributed by atoms with Crippen LogP contribution in [0.4, 0.5) is 0 Å². The lowest BCUT2D eigenvalue weighted by molar-refractivity contribution is 0.551. The van der Waals surface area contributed by atoms with Crippen molar-refractivity contribution in [2.45, 2.75) is 33.2 Å². The highest BCUT2D eigenvalue weighted by Gasteiger charge is 2.13. The number of benzene rings is 2. The van der Waals surface area contributed by atoms with E-state index in [1.807, 2.05) is 0 Å². The average Bonchev–Trinajstić information content (AvgIpc) is 2.43. The lowest BCUT2D eigenvalue weighted by Crippen LogP contribution is -2.29. The van der Waals surface area contributed by atoms with E-state index >= 15 is 0 Å². The second kappa shape index (κ2) is 6.53. The molecule has 2 aromatic rings. The van der Waals surface area contributed by atoms with Gasteiger partial charge in [-0.05, 0) is 49.4 Å². The topological polar surface area (TPSA) is 38.0 Å². The van der Waals surface area contributed by atoms with Gasteiger partial charge in [-0.1, -0.05) is 57.9 Å². The van der Waals surface area contributed by atoms with Gasteiger partial charge in [-0.2, -0.15) is 0 Å². The van der Waals surface area contributed by atoms with Crippen LogP contribution >= 0.6 is 15.9 Å². The van der Waals surface area contributed by atoms with E-state index in [-0.39, 0.29) is 6.04 Å². The predicted molar refractivity (Wildman–Crippen MR) is 88.6 cm³/mol. The molecule has 0 saturated heterocycles. The summed E-state index contributed by atoms with van der Waals surface area (Å²) in [6.07, 6.45) is 0.886. The van der Waals surface area contributed by atoms with Crippen molar-refractivity contribution in [1.82, 2.24) is 5.43 Å². The minimum absolute atomic E-state index is 0.128. The highest BCUT2D eigenvalue weighted by Crippen LogP contribution is 2.27. The fraction of sp³-hybridized carbons (Fsp3) is 0.294. The van der Waals surface area contributed by atoms with E-state index in [9.17, 15) is 0 Å². The maximum Gasteiger partial charge on any atom is 0.0500 e. The van der Waals surface area contributed by atoms with Gasteiger partial charge in [0, 0.05) is 10.5 Å². The molecule has 1 unspecified atom stereocenters. The Hall–Kier alpha value is -1.16. The Kier molecular flexibility index (Phi) is 4.97. The van der Waals surface area contributed by atoms with Crippen LogP contribution in [0.5, 0.6) is 0 Å². The molecule has 0 spiro atoms. The Balaban J connectivity index is 2.26. The van der Waals surface area contributed by atoms with Crippen LogP contribution in [0.1, 0.15) is 33.9 Å². The molecule has 20 heavy (non-hydrogen) atoms. The van der Waals surface area contributed by atoms with Crippen LogP contribution < -0.4 is 11.3 Å². The van der Waals surface area contributed by atoms with Gasteiger partial charge in [0.25, 0.3) is 0 Å². The summed E-state index contributed by atoms with van der Waals surface area (Å²) in [6.45, 7) is 6.32. The van der Waals surface area contributed by atoms with E-state index in [0.717, 1.165) is 6.42 Å². The first-order chi connectivity index (χ1) is 9.51. The van der Waals surface area contributed by atoms with Crippen LogP contribution in [0, 0.1) is 20.8 Å². The van der Waals surface area contributed by atoms with Crippen LogP contribution in [0.3, 0.4) is 0 Å². The number of rotatable bonds is 4. The molecule has 0 amide bonds. The predicted octanol–water partition coefficient (Wildman–Crippen LogP) is 4.12. The van der Waals surface area contributed by atoms with E-state index in [0.29, 0.717) is 0 Å². The lowest BCUT2D eigenvalue weighted by atomic mass is 9.96. The molecule has 0 bridgehead atoms. The number of nitrogens with one attached hydrogen (secondary N) is 1. The Morgan fingerprint density at radius 3 is 2.10 bits per heavy atom. The molecule has 3 N–H and O–H groups in total. The first-order valence-corrected chi connectivity index (χ1v) is 7.59. The molecular formula is C17H21BrN2. The Labute approximate surface area is 129 Å². The van der Waals surface area contributed by atoms with Gasteiger partial charge in [-0.15, -0.1) is 0 Å². The molecule has 0 aromatic heterocycles. The summed E-state index contributed by atoms with van der Waals surface area (Å²) in [5.41, 5.74) is 9.22. The number of aryl methyl sites for hydroxylation is 3. The monoisotopic (exact) mass is 332 g/mol. The summed E-state index contributed by atoms with van der Waals surface area (Å²) < 4.78 is 1.17. The molecular weight excluding hydrogens is 312 g/mol. The SMILES string of the molecule is Cc1ccc(CC(NN)c2cc(C)c(Br)c(C)c2)cc1. The molecule has 0 saturated carbocycles. The molecule has 0 aliphatic rings. The van der Waals surface area contributed by atoms with E-state index < -0.39 is 0 Å². The molecule has 0 heterocycles. The summed E-state index contributed by atoms with van der Waals surface area (Å²) in [5, 5.41) is 0. The summed E-state index contributed by atoms with van der Waals surface area (Å²) in [7, 11) is 0. The summed E-state index contributed by atoms with van der Waals surface area (Å²) in [6, 6.07) is 13.1. The highest BCUT2D eigenvalue weighted by molar-refractivity contribution is 9.10. The quantitative estimate of drug-likeness (QED) is 0.652. The van der Waals surface area contributed by atoms with Crippen molar-refractivity contribution in [3.8, 4) is 0 Å². The fourth-order valence-corrected chi connectivity index (χ4v) is 2.64. The van der Waals surface area contributed by atoms with Gasteiger partial charge in [0.05, 0.1) is 0 Å². The highest BCUT2D eigenvalue weighted by atomic mass is 79.9. The maximum atomic E-state index is 5.76. The van der Waals surface area contributed by atoms with Crippen molar-refractivity contribution < 1.29 is 0 Å². The molecule has 2 nitrogen and oxygen atoms in total. The molecule has 0 radical (unpaired) electrons. The van der Waals surface area contributed by atoms with Crippen molar-refractivity contribution >= 4 is 15.9 Å². The Morgan fingerprint density at radius 1 is 1.05 bits per heavy atom. The average molecular weight is 333 g/mol. The Bertz CT molecular complexity index is 567. The van der Waals surface area contributed by atoms with Gasteiger partial charge in [0.15, 0.2) is 0 Å². The summed E-state index contributed by atoms with van der Waals surface area (Å²) >= 11 is 3.61. The van der Waals surface area contributed by atoms with Crippen LogP contribution in [0.15, 0.2) is 40.9 Å². The van der Waals surface area contributed by atoms with Crippen LogP contribution in [-0.4, -0.2) is 0 Å². The zero-order chi connectivity index (χ0) is 14.7. The molecule has 2 rings (SSSR count). The third kappa shape index (κ3) is 3.48. The standard InChI is InChI=1S/C17H21BrN2/c1-11-4-6-14(7-5-11)10-16(20-19)15-8-12(2)17(18)13(3)9-15/h4-9,16,20H,10,19H2,1-3H3. The van der Waals surface area contributed by atoms with Gasteiger partial charge in [0.1, 0.15) is 0 Å². The summed E-state index contributed by atoms with van der Waals surface area (Å²) in [5.74, 6) is 5.76. The third-order valence-electron chi connectivity index (χ3n) is 3.62. The van der Waals surface area contributed by atoms with Gasteiger partial charge in [-0.25, -0.2) is 0 Å². The minimum atomic E-state index is 0.128. The lowest BCUT2D eigenvalue weighted by Gasteiger charge is -2.19. The van der Waals surface area contributed by atoms with Gasteiger partial charge in [0.2, 0.25) is 0 Å². The van der Waals surface area contributed by atoms with Crippen molar-refractivity contribution in [2.75, 3.05) is 0 Å². The smallest absolute Gasteiger partial charge is 0.0500 e. The zero-order valence-corrected chi connectivity index (χ0v) is 13.8. The molecule has 0 aliphatic carbocycles. The number of hydrogen-bond acceptors (Lipinski definition) is 2. The van der Waals surface area contributed by atoms with Crippen molar-refractivity contribution in [3.05, 3.63) is 68.7 Å². The minimum Gasteiger partial charge on any atom is -0.271 e. The van der Waals surface area contributed by atoms with E-state index in [1.54, 1.807) is 0 Å². The first kappa shape index (κ1) is 15.2. The first-order valence-electron chi connectivity index (χ1n) is 6.79. The molecule has 3 heteroatoms. The van der Waals surface area contributed by atoms with Crippen molar-refractivity contribution in [3.63, 3.8) is 0 Å². The summed E-state index contributed by atoms with van der Waals surface area (Å²) in [4.78, 5) is 0. The number of nitrogens with two attached hydrogens (primary N) is 1. The largest absolute Gasteiger partial charge is 0.271 e. The number of hydrogen-bond donors (Lipinski definition) is 2. The van der Waals surface area contributed by atoms with Crippen molar-refractivity contribution in [2.24, 2.45) is 5.84 Å². The van der Waals surface area contributed by atoms with Crippen LogP contribution in [0.2, 0.25) is 0 Å². The molecule has 1 atom stereocenters. The molecule has 106 valence electrons. The number of halogens is 1. The number of hydrazine groups is 1. The zero-order valence-electron chi connectivity index (χ0n) is 12.2. The Morgan fingerprint density at radius 2 is 1.60 bits per heavy atom. The van der Waals surface area contributed by atoms with E-state index in [4.69, 9.17) is 5.84 Å². The molecule has 0 aliphatic heterocycles. The van der Waals surface area contributed by atoms with E-state index in [2.05, 4.69) is 78.5 Å². The van der Waals surface area contributed by atoms with Gasteiger partial charge in [-0.3, -0.25) is 11.3 Å². The molecule has 0 fully saturated rings. The normalized spacial score (nSPS) is 12.4. The van der Waals surface area contributed by atoms with Gasteiger partial charge >= 0.3 is 0 Å². The molecule has 2 aromatic carbocycles. The van der Waals surface area contributed by atoms with Crippen LogP contribution in [0.25, 0.3) is 0 Å².